The second-order valence-electron chi connectivity index (χ2n) is 6.46. The Bertz CT molecular complexity index is 716. The van der Waals surface area contributed by atoms with E-state index in [2.05, 4.69) is 15.8 Å². The highest BCUT2D eigenvalue weighted by Gasteiger charge is 2.40. The molecule has 2 rings (SSSR count). The summed E-state index contributed by atoms with van der Waals surface area (Å²) < 4.78 is 42.7. The molecule has 0 radical (unpaired) electrons. The molecule has 0 aliphatic carbocycles. The van der Waals surface area contributed by atoms with E-state index >= 15 is 0 Å². The van der Waals surface area contributed by atoms with Crippen molar-refractivity contribution in [3.8, 4) is 0 Å². The Kier molecular flexibility index (Phi) is 7.05. The molecule has 1 aliphatic heterocycles. The largest absolute Gasteiger partial charge is 0.454 e. The number of hydrogen-bond donors (Lipinski definition) is 2. The Morgan fingerprint density at radius 2 is 1.93 bits per heavy atom. The van der Waals surface area contributed by atoms with Crippen molar-refractivity contribution < 1.29 is 32.0 Å². The Hall–Kier alpha value is -2.56. The number of rotatable bonds is 7. The number of hydrogen-bond acceptors (Lipinski definition) is 5. The average molecular weight is 404 g/mol. The number of nitrogens with one attached hydrogen (secondary N) is 2. The molecule has 3 amide bonds. The molecule has 0 spiro atoms. The van der Waals surface area contributed by atoms with E-state index in [0.29, 0.717) is 17.2 Å². The van der Waals surface area contributed by atoms with Gasteiger partial charge in [0.25, 0.3) is 0 Å². The van der Waals surface area contributed by atoms with Gasteiger partial charge in [-0.2, -0.15) is 13.2 Å². The minimum absolute atomic E-state index is 0.0105. The lowest BCUT2D eigenvalue weighted by Gasteiger charge is -2.18. The number of likely N-dealkylation sites (tertiary alicyclic amines) is 1. The molecule has 156 valence electrons. The molecule has 1 fully saturated rings. The van der Waals surface area contributed by atoms with Gasteiger partial charge in [0.2, 0.25) is 11.8 Å². The third-order valence-corrected chi connectivity index (χ3v) is 4.41. The van der Waals surface area contributed by atoms with E-state index in [1.54, 1.807) is 6.07 Å². The predicted molar refractivity (Wildman–Crippen MR) is 91.7 cm³/mol. The molecule has 1 saturated heterocycles. The highest BCUT2D eigenvalue weighted by Crippen LogP contribution is 2.23. The van der Waals surface area contributed by atoms with E-state index in [-0.39, 0.29) is 18.7 Å². The van der Waals surface area contributed by atoms with Crippen molar-refractivity contribution in [2.24, 2.45) is 5.92 Å². The first-order valence-corrected chi connectivity index (χ1v) is 8.88. The number of alkyl halides is 3. The van der Waals surface area contributed by atoms with E-state index < -0.39 is 36.4 Å². The molecule has 1 unspecified atom stereocenters. The second-order valence-corrected chi connectivity index (χ2v) is 6.46. The van der Waals surface area contributed by atoms with Gasteiger partial charge in [-0.05, 0) is 25.2 Å². The Morgan fingerprint density at radius 3 is 2.54 bits per heavy atom. The topological polar surface area (TPSA) is 94.9 Å². The van der Waals surface area contributed by atoms with Crippen LogP contribution in [0.25, 0.3) is 0 Å². The summed E-state index contributed by atoms with van der Waals surface area (Å²) >= 11 is 0. The van der Waals surface area contributed by atoms with Gasteiger partial charge in [0, 0.05) is 13.0 Å². The number of furan rings is 1. The van der Waals surface area contributed by atoms with Gasteiger partial charge in [-0.25, -0.2) is 0 Å². The highest BCUT2D eigenvalue weighted by molar-refractivity contribution is 5.94. The van der Waals surface area contributed by atoms with E-state index in [1.165, 1.54) is 6.07 Å². The minimum Gasteiger partial charge on any atom is -0.454 e. The first-order chi connectivity index (χ1) is 13.1. The van der Waals surface area contributed by atoms with Crippen LogP contribution in [0.15, 0.2) is 16.5 Å². The fraction of sp³-hybridized carbons (Fsp3) is 0.588. The maximum absolute atomic E-state index is 12.4. The van der Waals surface area contributed by atoms with E-state index in [4.69, 9.17) is 4.42 Å². The van der Waals surface area contributed by atoms with Gasteiger partial charge in [0.1, 0.15) is 12.3 Å². The van der Waals surface area contributed by atoms with Gasteiger partial charge in [-0.3, -0.25) is 30.1 Å². The van der Waals surface area contributed by atoms with Crippen LogP contribution in [-0.2, 0) is 16.1 Å². The minimum atomic E-state index is -4.53. The molecule has 8 nitrogen and oxygen atoms in total. The van der Waals surface area contributed by atoms with Crippen LogP contribution in [0, 0.1) is 5.92 Å². The number of carbonyl (C=O) groups is 3. The van der Waals surface area contributed by atoms with Crippen molar-refractivity contribution in [3.05, 3.63) is 23.7 Å². The van der Waals surface area contributed by atoms with Crippen LogP contribution in [0.2, 0.25) is 0 Å². The van der Waals surface area contributed by atoms with Crippen LogP contribution < -0.4 is 10.9 Å². The second kappa shape index (κ2) is 9.09. The van der Waals surface area contributed by atoms with Crippen LogP contribution >= 0.6 is 0 Å². The Morgan fingerprint density at radius 1 is 1.25 bits per heavy atom. The average Bonchev–Trinajstić information content (AvgIpc) is 3.23. The van der Waals surface area contributed by atoms with Crippen LogP contribution in [0.4, 0.5) is 13.2 Å². The summed E-state index contributed by atoms with van der Waals surface area (Å²) in [5.74, 6) is -2.58. The van der Waals surface area contributed by atoms with E-state index in [1.807, 2.05) is 13.8 Å². The monoisotopic (exact) mass is 404 g/mol. The number of amides is 3. The molecule has 1 aliphatic rings. The molecule has 0 saturated carbocycles. The van der Waals surface area contributed by atoms with Gasteiger partial charge in [-0.1, -0.05) is 13.8 Å². The Balaban J connectivity index is 1.84. The van der Waals surface area contributed by atoms with Crippen molar-refractivity contribution in [2.75, 3.05) is 26.2 Å². The molecule has 2 N–H and O–H groups in total. The summed E-state index contributed by atoms with van der Waals surface area (Å²) in [5, 5.41) is 0. The number of nitrogens with zero attached hydrogens (tertiary/aromatic N) is 2. The lowest BCUT2D eigenvalue weighted by atomic mass is 10.1. The zero-order chi connectivity index (χ0) is 20.9. The van der Waals surface area contributed by atoms with Gasteiger partial charge >= 0.3 is 12.1 Å². The number of halogens is 3. The molecule has 0 aromatic carbocycles. The lowest BCUT2D eigenvalue weighted by Crippen LogP contribution is -2.45. The zero-order valence-corrected chi connectivity index (χ0v) is 15.6. The zero-order valence-electron chi connectivity index (χ0n) is 15.6. The van der Waals surface area contributed by atoms with Crippen LogP contribution in [0.1, 0.15) is 36.6 Å². The molecule has 0 bridgehead atoms. The number of carbonyl (C=O) groups excluding carboxylic acids is 3. The molecule has 28 heavy (non-hydrogen) atoms. The standard InChI is InChI=1S/C17H23F3N4O4/c1-3-23(4-2)9-12-5-6-13(28-12)16(27)22-21-15(26)11-7-14(25)24(8-11)10-17(18,19)20/h5-6,11H,3-4,7-10H2,1-2H3,(H,21,26)(H,22,27). The summed E-state index contributed by atoms with van der Waals surface area (Å²) in [5.41, 5.74) is 4.28. The number of hydrazine groups is 1. The fourth-order valence-electron chi connectivity index (χ4n) is 2.85. The van der Waals surface area contributed by atoms with Crippen LogP contribution in [0.3, 0.4) is 0 Å². The van der Waals surface area contributed by atoms with Crippen LogP contribution in [0.5, 0.6) is 0 Å². The smallest absolute Gasteiger partial charge is 0.406 e. The third kappa shape index (κ3) is 5.98. The normalized spacial score (nSPS) is 17.3. The fourth-order valence-corrected chi connectivity index (χ4v) is 2.85. The van der Waals surface area contributed by atoms with Crippen molar-refractivity contribution in [3.63, 3.8) is 0 Å². The third-order valence-electron chi connectivity index (χ3n) is 4.41. The molecule has 1 aromatic rings. The van der Waals surface area contributed by atoms with Gasteiger partial charge < -0.3 is 9.32 Å². The summed E-state index contributed by atoms with van der Waals surface area (Å²) in [4.78, 5) is 38.4. The molecule has 2 heterocycles. The summed E-state index contributed by atoms with van der Waals surface area (Å²) in [7, 11) is 0. The molecule has 1 atom stereocenters. The summed E-state index contributed by atoms with van der Waals surface area (Å²) in [6, 6.07) is 3.12. The molecular weight excluding hydrogens is 381 g/mol. The van der Waals surface area contributed by atoms with Gasteiger partial charge in [0.15, 0.2) is 5.76 Å². The maximum atomic E-state index is 12.4. The SMILES string of the molecule is CCN(CC)Cc1ccc(C(=O)NNC(=O)C2CC(=O)N(CC(F)(F)F)C2)o1. The van der Waals surface area contributed by atoms with Crippen molar-refractivity contribution in [2.45, 2.75) is 33.0 Å². The highest BCUT2D eigenvalue weighted by atomic mass is 19.4. The van der Waals surface area contributed by atoms with E-state index in [0.717, 1.165) is 13.1 Å². The first kappa shape index (κ1) is 21.7. The first-order valence-electron chi connectivity index (χ1n) is 8.88. The lowest BCUT2D eigenvalue weighted by molar-refractivity contribution is -0.157. The summed E-state index contributed by atoms with van der Waals surface area (Å²) in [6.45, 7) is 4.42. The quantitative estimate of drug-likeness (QED) is 0.668. The van der Waals surface area contributed by atoms with Crippen LogP contribution in [-0.4, -0.2) is 59.9 Å². The molecular formula is C17H23F3N4O4. The van der Waals surface area contributed by atoms with Crippen molar-refractivity contribution >= 4 is 17.7 Å². The maximum Gasteiger partial charge on any atom is 0.406 e. The van der Waals surface area contributed by atoms with Gasteiger partial charge in [0.05, 0.1) is 12.5 Å². The van der Waals surface area contributed by atoms with E-state index in [9.17, 15) is 27.6 Å². The predicted octanol–water partition coefficient (Wildman–Crippen LogP) is 1.29. The molecule has 1 aromatic heterocycles. The molecule has 11 heteroatoms. The summed E-state index contributed by atoms with van der Waals surface area (Å²) in [6.07, 6.45) is -4.87. The van der Waals surface area contributed by atoms with Crippen molar-refractivity contribution in [1.29, 1.82) is 0 Å². The Labute approximate surface area is 160 Å². The van der Waals surface area contributed by atoms with Crippen molar-refractivity contribution in [1.82, 2.24) is 20.7 Å². The van der Waals surface area contributed by atoms with Gasteiger partial charge in [-0.15, -0.1) is 0 Å².